The second-order valence-electron chi connectivity index (χ2n) is 7.88. The molecule has 1 saturated heterocycles. The first-order chi connectivity index (χ1) is 14.9. The summed E-state index contributed by atoms with van der Waals surface area (Å²) in [4.78, 5) is 14.6. The van der Waals surface area contributed by atoms with E-state index in [1.165, 1.54) is 4.31 Å². The lowest BCUT2D eigenvalue weighted by Crippen LogP contribution is -2.39. The summed E-state index contributed by atoms with van der Waals surface area (Å²) in [6.07, 6.45) is 1.81. The van der Waals surface area contributed by atoms with Crippen molar-refractivity contribution in [2.24, 2.45) is 0 Å². The van der Waals surface area contributed by atoms with Gasteiger partial charge in [0.05, 0.1) is 28.9 Å². The lowest BCUT2D eigenvalue weighted by molar-refractivity contribution is 0.145. The lowest BCUT2D eigenvalue weighted by Gasteiger charge is -2.32. The van der Waals surface area contributed by atoms with E-state index in [9.17, 15) is 18.3 Å². The van der Waals surface area contributed by atoms with Gasteiger partial charge in [-0.3, -0.25) is 4.31 Å². The summed E-state index contributed by atoms with van der Waals surface area (Å²) in [6.45, 7) is 1.89. The van der Waals surface area contributed by atoms with E-state index >= 15 is 0 Å². The van der Waals surface area contributed by atoms with Crippen LogP contribution in [0.15, 0.2) is 48.5 Å². The van der Waals surface area contributed by atoms with Crippen molar-refractivity contribution < 1.29 is 18.3 Å². The van der Waals surface area contributed by atoms with Crippen LogP contribution in [0.3, 0.4) is 0 Å². The molecule has 0 saturated carbocycles. The number of nitrogens with one attached hydrogen (secondary N) is 2. The van der Waals surface area contributed by atoms with Crippen LogP contribution in [0.1, 0.15) is 18.4 Å². The zero-order chi connectivity index (χ0) is 21.8. The first-order valence-electron chi connectivity index (χ1n) is 10.6. The largest absolute Gasteiger partial charge is 0.393 e. The van der Waals surface area contributed by atoms with E-state index < -0.39 is 16.1 Å². The highest BCUT2D eigenvalue weighted by molar-refractivity contribution is 7.92. The van der Waals surface area contributed by atoms with Gasteiger partial charge in [-0.25, -0.2) is 13.2 Å². The maximum Gasteiger partial charge on any atom is 0.319 e. The van der Waals surface area contributed by atoms with Crippen molar-refractivity contribution in [1.82, 2.24) is 5.32 Å². The van der Waals surface area contributed by atoms with Crippen LogP contribution in [0.5, 0.6) is 0 Å². The first-order valence-corrected chi connectivity index (χ1v) is 12.2. The molecule has 2 aromatic carbocycles. The van der Waals surface area contributed by atoms with Crippen LogP contribution >= 0.6 is 0 Å². The SMILES string of the molecule is O=C(NCCS(=O)(=O)N1CCc2ccccc21)Nc1ccccc1N1CCC(O)CC1. The van der Waals surface area contributed by atoms with Gasteiger partial charge in [-0.2, -0.15) is 0 Å². The zero-order valence-corrected chi connectivity index (χ0v) is 18.1. The van der Waals surface area contributed by atoms with E-state index in [1.807, 2.05) is 48.5 Å². The van der Waals surface area contributed by atoms with Crippen molar-refractivity contribution >= 4 is 33.1 Å². The summed E-state index contributed by atoms with van der Waals surface area (Å²) in [6, 6.07) is 14.6. The van der Waals surface area contributed by atoms with Crippen LogP contribution in [-0.4, -0.2) is 57.6 Å². The third-order valence-electron chi connectivity index (χ3n) is 5.78. The number of fused-ring (bicyclic) bond motifs is 1. The first kappa shape index (κ1) is 21.5. The fourth-order valence-corrected chi connectivity index (χ4v) is 5.56. The number of carbonyl (C=O) groups is 1. The second-order valence-corrected chi connectivity index (χ2v) is 9.90. The minimum Gasteiger partial charge on any atom is -0.393 e. The maximum atomic E-state index is 12.7. The molecule has 9 heteroatoms. The molecule has 2 aromatic rings. The van der Waals surface area contributed by atoms with Crippen molar-refractivity contribution in [2.45, 2.75) is 25.4 Å². The molecule has 3 N–H and O–H groups in total. The molecule has 2 aliphatic rings. The van der Waals surface area contributed by atoms with Crippen LogP contribution < -0.4 is 19.8 Å². The Morgan fingerprint density at radius 3 is 2.45 bits per heavy atom. The summed E-state index contributed by atoms with van der Waals surface area (Å²) >= 11 is 0. The Morgan fingerprint density at radius 2 is 1.68 bits per heavy atom. The Balaban J connectivity index is 1.32. The monoisotopic (exact) mass is 444 g/mol. The molecule has 8 nitrogen and oxygen atoms in total. The van der Waals surface area contributed by atoms with Gasteiger partial charge in [-0.05, 0) is 43.0 Å². The summed E-state index contributed by atoms with van der Waals surface area (Å²) in [5.74, 6) is -0.166. The van der Waals surface area contributed by atoms with E-state index in [-0.39, 0.29) is 18.4 Å². The molecule has 31 heavy (non-hydrogen) atoms. The molecule has 0 unspecified atom stereocenters. The van der Waals surface area contributed by atoms with Crippen LogP contribution in [0.25, 0.3) is 0 Å². The molecule has 166 valence electrons. The van der Waals surface area contributed by atoms with Crippen LogP contribution in [0, 0.1) is 0 Å². The Kier molecular flexibility index (Phi) is 6.33. The second kappa shape index (κ2) is 9.15. The quantitative estimate of drug-likeness (QED) is 0.634. The van der Waals surface area contributed by atoms with E-state index in [0.29, 0.717) is 31.5 Å². The third-order valence-corrected chi connectivity index (χ3v) is 7.55. The van der Waals surface area contributed by atoms with Gasteiger partial charge >= 0.3 is 6.03 Å². The van der Waals surface area contributed by atoms with Crippen molar-refractivity contribution in [2.75, 3.05) is 46.5 Å². The van der Waals surface area contributed by atoms with E-state index in [4.69, 9.17) is 0 Å². The lowest BCUT2D eigenvalue weighted by atomic mass is 10.1. The Labute approximate surface area is 182 Å². The number of benzene rings is 2. The number of hydrogen-bond acceptors (Lipinski definition) is 5. The van der Waals surface area contributed by atoms with Gasteiger partial charge in [-0.15, -0.1) is 0 Å². The Bertz CT molecular complexity index is 1040. The van der Waals surface area contributed by atoms with Crippen molar-refractivity contribution in [1.29, 1.82) is 0 Å². The molecular weight excluding hydrogens is 416 g/mol. The molecule has 1 fully saturated rings. The highest BCUT2D eigenvalue weighted by atomic mass is 32.2. The number of amides is 2. The van der Waals surface area contributed by atoms with E-state index in [0.717, 1.165) is 30.0 Å². The van der Waals surface area contributed by atoms with Crippen LogP contribution in [0.4, 0.5) is 21.9 Å². The Hall–Kier alpha value is -2.78. The number of para-hydroxylation sites is 3. The summed E-state index contributed by atoms with van der Waals surface area (Å²) in [7, 11) is -3.51. The van der Waals surface area contributed by atoms with Crippen molar-refractivity contribution in [3.63, 3.8) is 0 Å². The van der Waals surface area contributed by atoms with Crippen LogP contribution in [-0.2, 0) is 16.4 Å². The molecule has 2 heterocycles. The highest BCUT2D eigenvalue weighted by Crippen LogP contribution is 2.30. The third kappa shape index (κ3) is 4.94. The predicted molar refractivity (Wildman–Crippen MR) is 122 cm³/mol. The van der Waals surface area contributed by atoms with Gasteiger partial charge in [-0.1, -0.05) is 30.3 Å². The van der Waals surface area contributed by atoms with Crippen molar-refractivity contribution in [3.8, 4) is 0 Å². The van der Waals surface area contributed by atoms with Gasteiger partial charge in [0, 0.05) is 26.2 Å². The minimum atomic E-state index is -3.51. The number of aliphatic hydroxyl groups is 1. The zero-order valence-electron chi connectivity index (χ0n) is 17.3. The molecule has 0 aromatic heterocycles. The molecule has 4 rings (SSSR count). The molecule has 0 spiro atoms. The standard InChI is InChI=1S/C22H28N4O4S/c27-18-10-13-25(14-11-18)21-8-4-2-6-19(21)24-22(28)23-12-16-31(29,30)26-15-9-17-5-1-3-7-20(17)26/h1-8,18,27H,9-16H2,(H2,23,24,28). The predicted octanol–water partition coefficient (Wildman–Crippen LogP) is 2.16. The van der Waals surface area contributed by atoms with E-state index in [2.05, 4.69) is 15.5 Å². The Morgan fingerprint density at radius 1 is 1.00 bits per heavy atom. The number of anilines is 3. The average molecular weight is 445 g/mol. The molecule has 2 amide bonds. The summed E-state index contributed by atoms with van der Waals surface area (Å²) in [5.41, 5.74) is 3.31. The number of carbonyl (C=O) groups excluding carboxylic acids is 1. The number of aliphatic hydroxyl groups excluding tert-OH is 1. The highest BCUT2D eigenvalue weighted by Gasteiger charge is 2.28. The van der Waals surface area contributed by atoms with Gasteiger partial charge in [0.15, 0.2) is 0 Å². The van der Waals surface area contributed by atoms with Gasteiger partial charge < -0.3 is 20.6 Å². The normalized spacial score (nSPS) is 16.8. The fraction of sp³-hybridized carbons (Fsp3) is 0.409. The van der Waals surface area contributed by atoms with E-state index in [1.54, 1.807) is 0 Å². The molecular formula is C22H28N4O4S. The van der Waals surface area contributed by atoms with Crippen LogP contribution in [0.2, 0.25) is 0 Å². The smallest absolute Gasteiger partial charge is 0.319 e. The molecule has 2 aliphatic heterocycles. The minimum absolute atomic E-state index is 0.0188. The molecule has 0 bridgehead atoms. The van der Waals surface area contributed by atoms with Gasteiger partial charge in [0.2, 0.25) is 10.0 Å². The summed E-state index contributed by atoms with van der Waals surface area (Å²) < 4.78 is 26.9. The number of piperidine rings is 1. The molecule has 0 radical (unpaired) electrons. The number of nitrogens with zero attached hydrogens (tertiary/aromatic N) is 2. The molecule has 0 atom stereocenters. The topological polar surface area (TPSA) is 102 Å². The maximum absolute atomic E-state index is 12.7. The number of sulfonamides is 1. The molecule has 0 aliphatic carbocycles. The number of rotatable bonds is 6. The number of hydrogen-bond donors (Lipinski definition) is 3. The van der Waals surface area contributed by atoms with Crippen molar-refractivity contribution in [3.05, 3.63) is 54.1 Å². The van der Waals surface area contributed by atoms with Gasteiger partial charge in [0.25, 0.3) is 0 Å². The number of urea groups is 1. The summed E-state index contributed by atoms with van der Waals surface area (Å²) in [5, 5.41) is 15.2. The fourth-order valence-electron chi connectivity index (χ4n) is 4.13. The average Bonchev–Trinajstić information content (AvgIpc) is 3.20. The van der Waals surface area contributed by atoms with Gasteiger partial charge in [0.1, 0.15) is 0 Å².